The van der Waals surface area contributed by atoms with Gasteiger partial charge in [0.05, 0.1) is 5.56 Å². The lowest BCUT2D eigenvalue weighted by molar-refractivity contribution is -0.112. The number of rotatable bonds is 7. The second-order valence-electron chi connectivity index (χ2n) is 6.35. The van der Waals surface area contributed by atoms with Crippen LogP contribution in [-0.4, -0.2) is 17.0 Å². The number of amides is 1. The maximum atomic E-state index is 12.3. The second-order valence-corrected chi connectivity index (χ2v) is 6.35. The molecule has 0 saturated heterocycles. The summed E-state index contributed by atoms with van der Waals surface area (Å²) in [5, 5.41) is 20.9. The number of para-hydroxylation sites is 1. The summed E-state index contributed by atoms with van der Waals surface area (Å²) in [7, 11) is 0. The number of aromatic carboxylic acids is 1. The Balaban J connectivity index is 1.61. The van der Waals surface area contributed by atoms with Gasteiger partial charge in [0.25, 0.3) is 5.91 Å². The first-order valence-electron chi connectivity index (χ1n) is 9.08. The van der Waals surface area contributed by atoms with Gasteiger partial charge in [-0.1, -0.05) is 42.5 Å². The zero-order valence-electron chi connectivity index (χ0n) is 15.9. The molecule has 0 spiro atoms. The first-order chi connectivity index (χ1) is 14.5. The molecule has 148 valence electrons. The van der Waals surface area contributed by atoms with E-state index in [4.69, 9.17) is 9.84 Å². The van der Waals surface area contributed by atoms with Crippen LogP contribution in [0.15, 0.2) is 84.4 Å². The highest BCUT2D eigenvalue weighted by Gasteiger charge is 2.09. The van der Waals surface area contributed by atoms with Crippen molar-refractivity contribution in [2.24, 2.45) is 0 Å². The van der Waals surface area contributed by atoms with Crippen LogP contribution in [0.3, 0.4) is 0 Å². The molecule has 0 radical (unpaired) electrons. The van der Waals surface area contributed by atoms with Gasteiger partial charge < -0.3 is 15.2 Å². The molecule has 0 aliphatic carbocycles. The molecule has 0 saturated carbocycles. The summed E-state index contributed by atoms with van der Waals surface area (Å²) in [5.41, 5.74) is 2.36. The molecule has 3 rings (SSSR count). The maximum absolute atomic E-state index is 12.3. The summed E-state index contributed by atoms with van der Waals surface area (Å²) < 4.78 is 5.69. The number of carboxylic acids is 1. The third-order valence-electron chi connectivity index (χ3n) is 4.19. The van der Waals surface area contributed by atoms with Crippen LogP contribution in [0, 0.1) is 11.3 Å². The lowest BCUT2D eigenvalue weighted by atomic mass is 10.1. The zero-order chi connectivity index (χ0) is 21.3. The van der Waals surface area contributed by atoms with Crippen molar-refractivity contribution in [1.29, 1.82) is 5.26 Å². The first kappa shape index (κ1) is 20.4. The smallest absolute Gasteiger partial charge is 0.335 e. The summed E-state index contributed by atoms with van der Waals surface area (Å²) in [6.45, 7) is 0.290. The van der Waals surface area contributed by atoms with Crippen molar-refractivity contribution < 1.29 is 19.4 Å². The van der Waals surface area contributed by atoms with Crippen LogP contribution in [0.5, 0.6) is 5.75 Å². The van der Waals surface area contributed by atoms with Crippen LogP contribution in [0.4, 0.5) is 5.69 Å². The van der Waals surface area contributed by atoms with Gasteiger partial charge in [-0.25, -0.2) is 4.79 Å². The molecule has 0 fully saturated rings. The molecule has 6 nitrogen and oxygen atoms in total. The van der Waals surface area contributed by atoms with Crippen LogP contribution in [0.1, 0.15) is 21.5 Å². The minimum absolute atomic E-state index is 0.00829. The Morgan fingerprint density at radius 1 is 0.967 bits per heavy atom. The van der Waals surface area contributed by atoms with Crippen molar-refractivity contribution in [1.82, 2.24) is 0 Å². The molecule has 0 unspecified atom stereocenters. The lowest BCUT2D eigenvalue weighted by Crippen LogP contribution is -2.13. The minimum atomic E-state index is -0.972. The van der Waals surface area contributed by atoms with E-state index in [1.54, 1.807) is 60.7 Å². The van der Waals surface area contributed by atoms with Crippen molar-refractivity contribution >= 4 is 23.6 Å². The summed E-state index contributed by atoms with van der Waals surface area (Å²) >= 11 is 0. The Hall–Kier alpha value is -4.37. The third-order valence-corrected chi connectivity index (χ3v) is 4.19. The largest absolute Gasteiger partial charge is 0.489 e. The predicted octanol–water partition coefficient (Wildman–Crippen LogP) is 4.51. The minimum Gasteiger partial charge on any atom is -0.489 e. The average Bonchev–Trinajstić information content (AvgIpc) is 2.77. The fraction of sp³-hybridized carbons (Fsp3) is 0.0417. The monoisotopic (exact) mass is 398 g/mol. The standard InChI is InChI=1S/C24H18N2O4/c25-15-20(23(27)26-21-4-2-1-3-5-21)14-17-8-12-22(13-9-17)30-16-18-6-10-19(11-7-18)24(28)29/h1-14H,16H2,(H,26,27)(H,28,29)/b20-14+. The van der Waals surface area contributed by atoms with E-state index in [0.29, 0.717) is 17.0 Å². The number of nitrogens with one attached hydrogen (secondary N) is 1. The van der Waals surface area contributed by atoms with Gasteiger partial charge in [-0.3, -0.25) is 4.79 Å². The van der Waals surface area contributed by atoms with Crippen LogP contribution in [0.2, 0.25) is 0 Å². The molecule has 0 heterocycles. The number of nitrogens with zero attached hydrogens (tertiary/aromatic N) is 1. The summed E-state index contributed by atoms with van der Waals surface area (Å²) in [4.78, 5) is 23.2. The number of carbonyl (C=O) groups excluding carboxylic acids is 1. The molecule has 0 aliphatic heterocycles. The molecule has 30 heavy (non-hydrogen) atoms. The number of ether oxygens (including phenoxy) is 1. The van der Waals surface area contributed by atoms with Gasteiger partial charge in [0, 0.05) is 5.69 Å². The zero-order valence-corrected chi connectivity index (χ0v) is 15.9. The van der Waals surface area contributed by atoms with Crippen LogP contribution < -0.4 is 10.1 Å². The van der Waals surface area contributed by atoms with Gasteiger partial charge in [-0.15, -0.1) is 0 Å². The van der Waals surface area contributed by atoms with Gasteiger partial charge in [0.2, 0.25) is 0 Å². The van der Waals surface area contributed by atoms with E-state index in [1.807, 2.05) is 12.1 Å². The van der Waals surface area contributed by atoms with Gasteiger partial charge in [0.15, 0.2) is 0 Å². The Kier molecular flexibility index (Phi) is 6.59. The molecule has 3 aromatic rings. The molecule has 0 bridgehead atoms. The van der Waals surface area contributed by atoms with E-state index in [0.717, 1.165) is 5.56 Å². The quantitative estimate of drug-likeness (QED) is 0.451. The second kappa shape index (κ2) is 9.71. The average molecular weight is 398 g/mol. The van der Waals surface area contributed by atoms with Crippen molar-refractivity contribution in [2.75, 3.05) is 5.32 Å². The highest BCUT2D eigenvalue weighted by Crippen LogP contribution is 2.17. The SMILES string of the molecule is N#C/C(=C\c1ccc(OCc2ccc(C(=O)O)cc2)cc1)C(=O)Nc1ccccc1. The first-order valence-corrected chi connectivity index (χ1v) is 9.08. The topological polar surface area (TPSA) is 99.4 Å². The predicted molar refractivity (Wildman–Crippen MR) is 113 cm³/mol. The number of nitriles is 1. The highest BCUT2D eigenvalue weighted by molar-refractivity contribution is 6.09. The molecule has 0 atom stereocenters. The van der Waals surface area contributed by atoms with E-state index in [1.165, 1.54) is 18.2 Å². The molecule has 6 heteroatoms. The van der Waals surface area contributed by atoms with Crippen molar-refractivity contribution in [3.63, 3.8) is 0 Å². The van der Waals surface area contributed by atoms with Gasteiger partial charge in [-0.2, -0.15) is 5.26 Å². The van der Waals surface area contributed by atoms with Crippen LogP contribution in [-0.2, 0) is 11.4 Å². The number of carbonyl (C=O) groups is 2. The van der Waals surface area contributed by atoms with Gasteiger partial charge in [-0.05, 0) is 53.6 Å². The molecule has 0 aliphatic rings. The summed E-state index contributed by atoms with van der Waals surface area (Å²) in [5.74, 6) is -0.837. The van der Waals surface area contributed by atoms with Crippen molar-refractivity contribution in [3.8, 4) is 11.8 Å². The Morgan fingerprint density at radius 3 is 2.23 bits per heavy atom. The lowest BCUT2D eigenvalue weighted by Gasteiger charge is -2.07. The molecule has 2 N–H and O–H groups in total. The van der Waals surface area contributed by atoms with Crippen LogP contribution in [0.25, 0.3) is 6.08 Å². The number of hydrogen-bond acceptors (Lipinski definition) is 4. The third kappa shape index (κ3) is 5.57. The number of anilines is 1. The van der Waals surface area contributed by atoms with Crippen molar-refractivity contribution in [3.05, 3.63) is 101 Å². The normalized spacial score (nSPS) is 10.7. The number of hydrogen-bond donors (Lipinski definition) is 2. The van der Waals surface area contributed by atoms with Gasteiger partial charge in [0.1, 0.15) is 24.0 Å². The summed E-state index contributed by atoms with van der Waals surface area (Å²) in [6, 6.07) is 24.3. The fourth-order valence-corrected chi connectivity index (χ4v) is 2.61. The molecule has 1 amide bonds. The Bertz CT molecular complexity index is 1100. The Labute approximate surface area is 173 Å². The van der Waals surface area contributed by atoms with E-state index < -0.39 is 11.9 Å². The van der Waals surface area contributed by atoms with E-state index in [9.17, 15) is 14.9 Å². The van der Waals surface area contributed by atoms with E-state index in [2.05, 4.69) is 5.32 Å². The van der Waals surface area contributed by atoms with Crippen LogP contribution >= 0.6 is 0 Å². The van der Waals surface area contributed by atoms with E-state index >= 15 is 0 Å². The molecular weight excluding hydrogens is 380 g/mol. The fourth-order valence-electron chi connectivity index (χ4n) is 2.61. The highest BCUT2D eigenvalue weighted by atomic mass is 16.5. The number of carboxylic acid groups (broad SMARTS) is 1. The number of benzene rings is 3. The maximum Gasteiger partial charge on any atom is 0.335 e. The Morgan fingerprint density at radius 2 is 1.63 bits per heavy atom. The molecular formula is C24H18N2O4. The molecule has 0 aromatic heterocycles. The van der Waals surface area contributed by atoms with Gasteiger partial charge >= 0.3 is 5.97 Å². The van der Waals surface area contributed by atoms with E-state index in [-0.39, 0.29) is 17.7 Å². The van der Waals surface area contributed by atoms with Crippen molar-refractivity contribution in [2.45, 2.75) is 6.61 Å². The summed E-state index contributed by atoms with van der Waals surface area (Å²) in [6.07, 6.45) is 1.51. The molecule has 3 aromatic carbocycles.